The Balaban J connectivity index is 1.74. The van der Waals surface area contributed by atoms with E-state index in [-0.39, 0.29) is 29.6 Å². The summed E-state index contributed by atoms with van der Waals surface area (Å²) in [6.07, 6.45) is 1.96. The van der Waals surface area contributed by atoms with E-state index in [0.29, 0.717) is 12.0 Å². The zero-order chi connectivity index (χ0) is 25.3. The van der Waals surface area contributed by atoms with E-state index in [4.69, 9.17) is 0 Å². The van der Waals surface area contributed by atoms with Crippen LogP contribution in [0.3, 0.4) is 0 Å². The third-order valence-electron chi connectivity index (χ3n) is 6.85. The highest BCUT2D eigenvalue weighted by molar-refractivity contribution is 6.00. The van der Waals surface area contributed by atoms with Crippen LogP contribution in [0.2, 0.25) is 0 Å². The number of fused-ring (bicyclic) bond motifs is 1. The van der Waals surface area contributed by atoms with Gasteiger partial charge in [0.1, 0.15) is 18.1 Å². The predicted molar refractivity (Wildman–Crippen MR) is 136 cm³/mol. The van der Waals surface area contributed by atoms with Gasteiger partial charge in [0.25, 0.3) is 0 Å². The van der Waals surface area contributed by atoms with Gasteiger partial charge in [0.2, 0.25) is 17.7 Å². The molecule has 2 aromatic rings. The number of rotatable bonds is 6. The highest BCUT2D eigenvalue weighted by Gasteiger charge is 2.49. The number of nitrogens with zero attached hydrogens (tertiary/aromatic N) is 1. The molecule has 3 atom stereocenters. The first kappa shape index (κ1) is 25.0. The molecule has 6 heteroatoms. The Morgan fingerprint density at radius 2 is 1.57 bits per heavy atom. The van der Waals surface area contributed by atoms with Gasteiger partial charge < -0.3 is 15.5 Å². The summed E-state index contributed by atoms with van der Waals surface area (Å²) >= 11 is 0. The quantitative estimate of drug-likeness (QED) is 0.667. The summed E-state index contributed by atoms with van der Waals surface area (Å²) in [6.45, 7) is 9.82. The monoisotopic (exact) mass is 475 g/mol. The van der Waals surface area contributed by atoms with E-state index in [1.165, 1.54) is 11.1 Å². The van der Waals surface area contributed by atoms with Crippen LogP contribution in [-0.4, -0.2) is 40.2 Å². The van der Waals surface area contributed by atoms with Crippen molar-refractivity contribution in [3.05, 3.63) is 71.3 Å². The molecule has 35 heavy (non-hydrogen) atoms. The molecule has 0 aromatic heterocycles. The average molecular weight is 476 g/mol. The fourth-order valence-corrected chi connectivity index (χ4v) is 5.39. The molecule has 186 valence electrons. The van der Waals surface area contributed by atoms with Crippen molar-refractivity contribution in [1.29, 1.82) is 0 Å². The number of benzene rings is 2. The number of amides is 3. The molecule has 1 saturated heterocycles. The summed E-state index contributed by atoms with van der Waals surface area (Å²) < 4.78 is 0. The minimum Gasteiger partial charge on any atom is -0.349 e. The highest BCUT2D eigenvalue weighted by atomic mass is 16.2. The van der Waals surface area contributed by atoms with Gasteiger partial charge in [-0.05, 0) is 68.6 Å². The number of piperazine rings is 1. The van der Waals surface area contributed by atoms with Crippen molar-refractivity contribution in [2.75, 3.05) is 0 Å². The van der Waals surface area contributed by atoms with Gasteiger partial charge in [-0.3, -0.25) is 14.4 Å². The first-order valence-corrected chi connectivity index (χ1v) is 12.6. The second kappa shape index (κ2) is 9.84. The maximum atomic E-state index is 14.2. The largest absolute Gasteiger partial charge is 0.349 e. The van der Waals surface area contributed by atoms with E-state index < -0.39 is 23.7 Å². The van der Waals surface area contributed by atoms with E-state index in [0.717, 1.165) is 12.8 Å². The van der Waals surface area contributed by atoms with E-state index in [1.807, 2.05) is 77.1 Å². The van der Waals surface area contributed by atoms with Gasteiger partial charge in [-0.2, -0.15) is 0 Å². The van der Waals surface area contributed by atoms with Crippen LogP contribution >= 0.6 is 0 Å². The number of hydrogen-bond donors (Lipinski definition) is 2. The average Bonchev–Trinajstić information content (AvgIpc) is 3.21. The standard InChI is InChI=1S/C29H37N3O3/c1-18(2)15-23-26(33)30-24(22-16-20-13-9-10-14-21(20)17-22)28(35)32(23)25(19-11-7-6-8-12-19)27(34)31-29(3,4)5/h6-14,18,22-25H,15-17H2,1-5H3,(H,30,33)(H,31,34)/t23-,24+,25-/m0/s1. The molecule has 0 unspecified atom stereocenters. The van der Waals surface area contributed by atoms with Crippen LogP contribution in [-0.2, 0) is 27.2 Å². The van der Waals surface area contributed by atoms with Crippen LogP contribution in [0.4, 0.5) is 0 Å². The fourth-order valence-electron chi connectivity index (χ4n) is 5.39. The van der Waals surface area contributed by atoms with Gasteiger partial charge in [0, 0.05) is 5.54 Å². The van der Waals surface area contributed by atoms with E-state index in [1.54, 1.807) is 4.90 Å². The van der Waals surface area contributed by atoms with Crippen LogP contribution in [0.25, 0.3) is 0 Å². The zero-order valence-corrected chi connectivity index (χ0v) is 21.4. The van der Waals surface area contributed by atoms with E-state index in [2.05, 4.69) is 22.8 Å². The van der Waals surface area contributed by atoms with Crippen molar-refractivity contribution >= 4 is 17.7 Å². The number of nitrogens with one attached hydrogen (secondary N) is 2. The number of carbonyl (C=O) groups excluding carboxylic acids is 3. The Bertz CT molecular complexity index is 1060. The molecule has 1 aliphatic carbocycles. The van der Waals surface area contributed by atoms with E-state index in [9.17, 15) is 14.4 Å². The fraction of sp³-hybridized carbons (Fsp3) is 0.483. The van der Waals surface area contributed by atoms with Crippen LogP contribution in [0.1, 0.15) is 63.8 Å². The summed E-state index contributed by atoms with van der Waals surface area (Å²) in [5.41, 5.74) is 2.67. The van der Waals surface area contributed by atoms with Crippen LogP contribution in [0.5, 0.6) is 0 Å². The lowest BCUT2D eigenvalue weighted by Gasteiger charge is -2.45. The molecule has 3 amide bonds. The molecular weight excluding hydrogens is 438 g/mol. The van der Waals surface area contributed by atoms with Gasteiger partial charge in [0.05, 0.1) is 0 Å². The lowest BCUT2D eigenvalue weighted by atomic mass is 9.87. The predicted octanol–water partition coefficient (Wildman–Crippen LogP) is 3.80. The lowest BCUT2D eigenvalue weighted by Crippen LogP contribution is -2.67. The molecule has 6 nitrogen and oxygen atoms in total. The summed E-state index contributed by atoms with van der Waals surface area (Å²) in [5, 5.41) is 6.12. The molecule has 0 saturated carbocycles. The second-order valence-corrected chi connectivity index (χ2v) is 11.4. The smallest absolute Gasteiger partial charge is 0.247 e. The number of hydrogen-bond acceptors (Lipinski definition) is 3. The molecule has 0 bridgehead atoms. The minimum absolute atomic E-state index is 0.0338. The van der Waals surface area contributed by atoms with Crippen molar-refractivity contribution in [3.63, 3.8) is 0 Å². The first-order valence-electron chi connectivity index (χ1n) is 12.6. The lowest BCUT2D eigenvalue weighted by molar-refractivity contribution is -0.158. The molecule has 2 aromatic carbocycles. The summed E-state index contributed by atoms with van der Waals surface area (Å²) in [4.78, 5) is 43.0. The van der Waals surface area contributed by atoms with Gasteiger partial charge in [0.15, 0.2) is 0 Å². The third-order valence-corrected chi connectivity index (χ3v) is 6.85. The highest BCUT2D eigenvalue weighted by Crippen LogP contribution is 2.35. The molecule has 1 fully saturated rings. The topological polar surface area (TPSA) is 78.5 Å². The SMILES string of the molecule is CC(C)C[C@H]1C(=O)N[C@H](C2Cc3ccccc3C2)C(=O)N1[C@H](C(=O)NC(C)(C)C)c1ccccc1. The molecule has 1 aliphatic heterocycles. The summed E-state index contributed by atoms with van der Waals surface area (Å²) in [5.74, 6) is -0.479. The Kier molecular flexibility index (Phi) is 7.02. The van der Waals surface area contributed by atoms with Crippen LogP contribution in [0, 0.1) is 11.8 Å². The van der Waals surface area contributed by atoms with Crippen LogP contribution in [0.15, 0.2) is 54.6 Å². The molecule has 0 radical (unpaired) electrons. The Labute approximate surface area is 208 Å². The molecular formula is C29H37N3O3. The normalized spacial score (nSPS) is 21.6. The summed E-state index contributed by atoms with van der Waals surface area (Å²) in [6, 6.07) is 15.3. The molecule has 2 aliphatic rings. The number of carbonyl (C=O) groups is 3. The molecule has 4 rings (SSSR count). The first-order chi connectivity index (χ1) is 16.5. The van der Waals surface area contributed by atoms with E-state index >= 15 is 0 Å². The van der Waals surface area contributed by atoms with Gasteiger partial charge in [-0.1, -0.05) is 68.4 Å². The van der Waals surface area contributed by atoms with Crippen molar-refractivity contribution < 1.29 is 14.4 Å². The third kappa shape index (κ3) is 5.42. The van der Waals surface area contributed by atoms with Gasteiger partial charge >= 0.3 is 0 Å². The van der Waals surface area contributed by atoms with Crippen molar-refractivity contribution in [3.8, 4) is 0 Å². The maximum absolute atomic E-state index is 14.2. The van der Waals surface area contributed by atoms with Crippen molar-refractivity contribution in [2.45, 2.75) is 77.5 Å². The Morgan fingerprint density at radius 3 is 2.11 bits per heavy atom. The van der Waals surface area contributed by atoms with Gasteiger partial charge in [-0.25, -0.2) is 0 Å². The summed E-state index contributed by atoms with van der Waals surface area (Å²) in [7, 11) is 0. The van der Waals surface area contributed by atoms with Crippen molar-refractivity contribution in [2.24, 2.45) is 11.8 Å². The maximum Gasteiger partial charge on any atom is 0.247 e. The zero-order valence-electron chi connectivity index (χ0n) is 21.4. The minimum atomic E-state index is -0.885. The Morgan fingerprint density at radius 1 is 1.00 bits per heavy atom. The van der Waals surface area contributed by atoms with Gasteiger partial charge in [-0.15, -0.1) is 0 Å². The molecule has 1 heterocycles. The Hall–Kier alpha value is -3.15. The van der Waals surface area contributed by atoms with Crippen molar-refractivity contribution in [1.82, 2.24) is 15.5 Å². The second-order valence-electron chi connectivity index (χ2n) is 11.4. The van der Waals surface area contributed by atoms with Crippen LogP contribution < -0.4 is 10.6 Å². The molecule has 0 spiro atoms. The molecule has 2 N–H and O–H groups in total.